The number of hydrogen-bond donors (Lipinski definition) is 0. The van der Waals surface area contributed by atoms with Gasteiger partial charge in [-0.1, -0.05) is 32.8 Å². The van der Waals surface area contributed by atoms with Crippen molar-refractivity contribution in [1.82, 2.24) is 9.55 Å². The molecule has 0 unspecified atom stereocenters. The van der Waals surface area contributed by atoms with Crippen LogP contribution in [0.2, 0.25) is 0 Å². The van der Waals surface area contributed by atoms with Crippen molar-refractivity contribution in [3.8, 4) is 17.5 Å². The van der Waals surface area contributed by atoms with E-state index in [1.165, 1.54) is 18.9 Å². The zero-order chi connectivity index (χ0) is 18.7. The van der Waals surface area contributed by atoms with Crippen LogP contribution in [0.1, 0.15) is 56.7 Å². The van der Waals surface area contributed by atoms with Crippen LogP contribution in [-0.2, 0) is 0 Å². The Kier molecular flexibility index (Phi) is 5.37. The van der Waals surface area contributed by atoms with Crippen molar-refractivity contribution in [2.24, 2.45) is 0 Å². The van der Waals surface area contributed by atoms with Crippen molar-refractivity contribution in [3.05, 3.63) is 53.5 Å². The Bertz CT molecular complexity index is 942. The molecule has 4 heteroatoms. The first-order valence-corrected chi connectivity index (χ1v) is 9.35. The second kappa shape index (κ2) is 7.70. The minimum atomic E-state index is -0.271. The Morgan fingerprint density at radius 3 is 2.50 bits per heavy atom. The highest BCUT2D eigenvalue weighted by Crippen LogP contribution is 2.40. The van der Waals surface area contributed by atoms with Gasteiger partial charge in [0.05, 0.1) is 22.5 Å². The summed E-state index contributed by atoms with van der Waals surface area (Å²) in [6.45, 7) is 5.99. The average Bonchev–Trinajstić information content (AvgIpc) is 3.29. The van der Waals surface area contributed by atoms with E-state index in [2.05, 4.69) is 15.6 Å². The normalized spacial score (nSPS) is 14.1. The fraction of sp³-hybridized carbons (Fsp3) is 0.364. The largest absolute Gasteiger partial charge is 0.335 e. The number of halogens is 1. The molecule has 1 fully saturated rings. The lowest BCUT2D eigenvalue weighted by Gasteiger charge is -2.18. The zero-order valence-electron chi connectivity index (χ0n) is 15.6. The van der Waals surface area contributed by atoms with Crippen molar-refractivity contribution in [1.29, 1.82) is 5.26 Å². The Hall–Kier alpha value is -2.67. The molecule has 0 saturated heterocycles. The van der Waals surface area contributed by atoms with Crippen molar-refractivity contribution < 1.29 is 4.39 Å². The van der Waals surface area contributed by atoms with E-state index in [0.717, 1.165) is 40.7 Å². The van der Waals surface area contributed by atoms with E-state index in [-0.39, 0.29) is 5.82 Å². The molecule has 3 nitrogen and oxygen atoms in total. The number of nitriles is 1. The molecule has 26 heavy (non-hydrogen) atoms. The molecule has 0 N–H and O–H groups in total. The van der Waals surface area contributed by atoms with Crippen LogP contribution in [-0.4, -0.2) is 9.55 Å². The van der Waals surface area contributed by atoms with Crippen LogP contribution in [0.5, 0.6) is 0 Å². The predicted octanol–water partition coefficient (Wildman–Crippen LogP) is 6.16. The molecule has 134 valence electrons. The van der Waals surface area contributed by atoms with E-state index in [1.807, 2.05) is 39.1 Å². The van der Waals surface area contributed by atoms with Gasteiger partial charge in [-0.05, 0) is 49.6 Å². The highest BCUT2D eigenvalue weighted by Gasteiger charge is 2.26. The SMILES string of the molecule is CC.Cc1ccc(-c2c(C#N)c3ccc(F)cc3n2C2CCCC2)nc1. The van der Waals surface area contributed by atoms with Gasteiger partial charge in [0.25, 0.3) is 0 Å². The van der Waals surface area contributed by atoms with Crippen LogP contribution < -0.4 is 0 Å². The molecular formula is C22H24FN3. The minimum Gasteiger partial charge on any atom is -0.335 e. The molecule has 0 atom stereocenters. The summed E-state index contributed by atoms with van der Waals surface area (Å²) in [5.41, 5.74) is 4.07. The summed E-state index contributed by atoms with van der Waals surface area (Å²) in [5.74, 6) is -0.271. The van der Waals surface area contributed by atoms with Crippen LogP contribution in [0.4, 0.5) is 4.39 Å². The predicted molar refractivity (Wildman–Crippen MR) is 103 cm³/mol. The van der Waals surface area contributed by atoms with Gasteiger partial charge in [-0.25, -0.2) is 4.39 Å². The summed E-state index contributed by atoms with van der Waals surface area (Å²) in [6, 6.07) is 11.3. The molecular weight excluding hydrogens is 325 g/mol. The van der Waals surface area contributed by atoms with E-state index < -0.39 is 0 Å². The number of nitrogens with zero attached hydrogens (tertiary/aromatic N) is 3. The third-order valence-corrected chi connectivity index (χ3v) is 4.92. The summed E-state index contributed by atoms with van der Waals surface area (Å²) < 4.78 is 16.0. The lowest BCUT2D eigenvalue weighted by Crippen LogP contribution is -2.07. The Labute approximate surface area is 154 Å². The number of aryl methyl sites for hydroxylation is 1. The monoisotopic (exact) mass is 349 g/mol. The Morgan fingerprint density at radius 1 is 1.15 bits per heavy atom. The van der Waals surface area contributed by atoms with Gasteiger partial charge in [0.2, 0.25) is 0 Å². The van der Waals surface area contributed by atoms with Crippen molar-refractivity contribution in [3.63, 3.8) is 0 Å². The molecule has 2 aromatic heterocycles. The van der Waals surface area contributed by atoms with E-state index in [1.54, 1.807) is 12.1 Å². The van der Waals surface area contributed by atoms with Gasteiger partial charge < -0.3 is 4.57 Å². The van der Waals surface area contributed by atoms with Crippen LogP contribution in [0.25, 0.3) is 22.3 Å². The Morgan fingerprint density at radius 2 is 1.88 bits per heavy atom. The number of hydrogen-bond acceptors (Lipinski definition) is 2. The van der Waals surface area contributed by atoms with Crippen molar-refractivity contribution in [2.75, 3.05) is 0 Å². The van der Waals surface area contributed by atoms with Gasteiger partial charge >= 0.3 is 0 Å². The highest BCUT2D eigenvalue weighted by molar-refractivity contribution is 5.94. The van der Waals surface area contributed by atoms with Gasteiger partial charge in [-0.15, -0.1) is 0 Å². The quantitative estimate of drug-likeness (QED) is 0.555. The number of aromatic nitrogens is 2. The number of benzene rings is 1. The lowest BCUT2D eigenvalue weighted by molar-refractivity contribution is 0.538. The maximum absolute atomic E-state index is 13.9. The maximum Gasteiger partial charge on any atom is 0.125 e. The molecule has 0 spiro atoms. The molecule has 2 heterocycles. The summed E-state index contributed by atoms with van der Waals surface area (Å²) >= 11 is 0. The molecule has 4 rings (SSSR count). The molecule has 1 aromatic carbocycles. The topological polar surface area (TPSA) is 41.6 Å². The second-order valence-electron chi connectivity index (χ2n) is 6.53. The number of rotatable bonds is 2. The van der Waals surface area contributed by atoms with Gasteiger partial charge in [0.1, 0.15) is 11.9 Å². The smallest absolute Gasteiger partial charge is 0.125 e. The highest BCUT2D eigenvalue weighted by atomic mass is 19.1. The summed E-state index contributed by atoms with van der Waals surface area (Å²) in [6.07, 6.45) is 6.27. The van der Waals surface area contributed by atoms with Crippen molar-refractivity contribution >= 4 is 10.9 Å². The summed E-state index contributed by atoms with van der Waals surface area (Å²) in [4.78, 5) is 4.54. The number of fused-ring (bicyclic) bond motifs is 1. The lowest BCUT2D eigenvalue weighted by atomic mass is 10.1. The molecule has 0 amide bonds. The van der Waals surface area contributed by atoms with E-state index >= 15 is 0 Å². The van der Waals surface area contributed by atoms with Crippen LogP contribution in [0.3, 0.4) is 0 Å². The Balaban J connectivity index is 0.000000948. The first-order chi connectivity index (χ1) is 12.7. The third kappa shape index (κ3) is 3.10. The standard InChI is InChI=1S/C20H18FN3.C2H6/c1-13-6-9-18(23-12-13)20-17(11-22)16-8-7-14(21)10-19(16)24(20)15-4-2-3-5-15;1-2/h6-10,12,15H,2-5H2,1H3;1-2H3. The maximum atomic E-state index is 13.9. The van der Waals surface area contributed by atoms with Crippen LogP contribution in [0.15, 0.2) is 36.5 Å². The first-order valence-electron chi connectivity index (χ1n) is 9.35. The zero-order valence-corrected chi connectivity index (χ0v) is 15.6. The van der Waals surface area contributed by atoms with Crippen LogP contribution >= 0.6 is 0 Å². The van der Waals surface area contributed by atoms with E-state index in [4.69, 9.17) is 0 Å². The third-order valence-electron chi connectivity index (χ3n) is 4.92. The van der Waals surface area contributed by atoms with E-state index in [0.29, 0.717) is 11.6 Å². The molecule has 1 aliphatic carbocycles. The molecule has 1 aliphatic rings. The van der Waals surface area contributed by atoms with Gasteiger partial charge in [0, 0.05) is 17.6 Å². The minimum absolute atomic E-state index is 0.271. The van der Waals surface area contributed by atoms with Gasteiger partial charge in [0.15, 0.2) is 0 Å². The molecule has 3 aromatic rings. The fourth-order valence-electron chi connectivity index (χ4n) is 3.80. The van der Waals surface area contributed by atoms with Crippen molar-refractivity contribution in [2.45, 2.75) is 52.5 Å². The number of pyridine rings is 1. The average molecular weight is 349 g/mol. The van der Waals surface area contributed by atoms with Gasteiger partial charge in [-0.3, -0.25) is 4.98 Å². The summed E-state index contributed by atoms with van der Waals surface area (Å²) in [5, 5.41) is 10.6. The van der Waals surface area contributed by atoms with Gasteiger partial charge in [-0.2, -0.15) is 5.26 Å². The summed E-state index contributed by atoms with van der Waals surface area (Å²) in [7, 11) is 0. The molecule has 0 aliphatic heterocycles. The second-order valence-corrected chi connectivity index (χ2v) is 6.53. The molecule has 1 saturated carbocycles. The first kappa shape index (κ1) is 18.1. The van der Waals surface area contributed by atoms with E-state index in [9.17, 15) is 9.65 Å². The molecule has 0 radical (unpaired) electrons. The fourth-order valence-corrected chi connectivity index (χ4v) is 3.80. The van der Waals surface area contributed by atoms with Crippen LogP contribution in [0, 0.1) is 24.1 Å². The molecule has 0 bridgehead atoms.